The van der Waals surface area contributed by atoms with Gasteiger partial charge in [-0.1, -0.05) is 6.42 Å². The van der Waals surface area contributed by atoms with Crippen molar-refractivity contribution in [2.75, 3.05) is 13.2 Å². The molecule has 1 fully saturated rings. The van der Waals surface area contributed by atoms with Crippen LogP contribution in [0.2, 0.25) is 0 Å². The van der Waals surface area contributed by atoms with Crippen LogP contribution in [0.3, 0.4) is 0 Å². The van der Waals surface area contributed by atoms with Crippen molar-refractivity contribution in [1.82, 2.24) is 5.32 Å². The Morgan fingerprint density at radius 2 is 2.06 bits per heavy atom. The summed E-state index contributed by atoms with van der Waals surface area (Å²) in [5.41, 5.74) is 0.293. The molecule has 1 aliphatic rings. The molecule has 1 aromatic carbocycles. The number of nitrogens with one attached hydrogen (secondary N) is 1. The van der Waals surface area contributed by atoms with E-state index in [1.807, 2.05) is 0 Å². The van der Waals surface area contributed by atoms with E-state index < -0.39 is 11.6 Å². The highest BCUT2D eigenvalue weighted by Crippen LogP contribution is 2.39. The molecule has 0 amide bonds. The lowest BCUT2D eigenvalue weighted by molar-refractivity contribution is 0.0444. The molecule has 94 valence electrons. The molecule has 0 heterocycles. The molecule has 1 aromatic rings. The number of halogens is 2. The first kappa shape index (κ1) is 12.5. The number of aliphatic hydroxyl groups excluding tert-OH is 1. The van der Waals surface area contributed by atoms with Crippen LogP contribution in [0.15, 0.2) is 18.2 Å². The number of aliphatic hydroxyl groups is 1. The number of hydrogen-bond donors (Lipinski definition) is 2. The topological polar surface area (TPSA) is 32.3 Å². The lowest BCUT2D eigenvalue weighted by Crippen LogP contribution is -2.42. The van der Waals surface area contributed by atoms with Crippen LogP contribution in [-0.2, 0) is 6.54 Å². The quantitative estimate of drug-likeness (QED) is 0.828. The summed E-state index contributed by atoms with van der Waals surface area (Å²) in [4.78, 5) is 0. The van der Waals surface area contributed by atoms with Crippen molar-refractivity contribution in [3.05, 3.63) is 35.4 Å². The molecule has 1 saturated carbocycles. The van der Waals surface area contributed by atoms with Gasteiger partial charge in [0.05, 0.1) is 0 Å². The van der Waals surface area contributed by atoms with Crippen molar-refractivity contribution in [2.24, 2.45) is 5.41 Å². The maximum atomic E-state index is 13.3. The summed E-state index contributed by atoms with van der Waals surface area (Å²) in [5.74, 6) is -0.825. The summed E-state index contributed by atoms with van der Waals surface area (Å²) in [5, 5.41) is 12.4. The summed E-state index contributed by atoms with van der Waals surface area (Å²) in [7, 11) is 0. The van der Waals surface area contributed by atoms with Crippen molar-refractivity contribution >= 4 is 0 Å². The van der Waals surface area contributed by atoms with Crippen molar-refractivity contribution in [3.8, 4) is 0 Å². The van der Waals surface area contributed by atoms with E-state index in [2.05, 4.69) is 5.32 Å². The van der Waals surface area contributed by atoms with Gasteiger partial charge in [-0.15, -0.1) is 0 Å². The van der Waals surface area contributed by atoms with Gasteiger partial charge < -0.3 is 10.4 Å². The van der Waals surface area contributed by atoms with Gasteiger partial charge in [0, 0.05) is 30.7 Å². The highest BCUT2D eigenvalue weighted by Gasteiger charge is 2.35. The van der Waals surface area contributed by atoms with Crippen LogP contribution in [-0.4, -0.2) is 18.3 Å². The fourth-order valence-corrected chi connectivity index (χ4v) is 2.21. The predicted octanol–water partition coefficient (Wildman–Crippen LogP) is 2.22. The molecule has 0 atom stereocenters. The Hall–Kier alpha value is -1.00. The first-order valence-electron chi connectivity index (χ1n) is 5.91. The van der Waals surface area contributed by atoms with Crippen molar-refractivity contribution < 1.29 is 13.9 Å². The minimum atomic E-state index is -0.427. The van der Waals surface area contributed by atoms with Gasteiger partial charge in [-0.3, -0.25) is 0 Å². The van der Waals surface area contributed by atoms with E-state index in [4.69, 9.17) is 0 Å². The molecule has 2 rings (SSSR count). The largest absolute Gasteiger partial charge is 0.396 e. The Labute approximate surface area is 99.7 Å². The first-order valence-corrected chi connectivity index (χ1v) is 5.91. The number of rotatable bonds is 5. The van der Waals surface area contributed by atoms with Crippen LogP contribution in [0.4, 0.5) is 8.78 Å². The van der Waals surface area contributed by atoms with E-state index in [1.54, 1.807) is 0 Å². The van der Waals surface area contributed by atoms with E-state index >= 15 is 0 Å². The van der Waals surface area contributed by atoms with Gasteiger partial charge in [-0.2, -0.15) is 0 Å². The second-order valence-corrected chi connectivity index (χ2v) is 4.85. The van der Waals surface area contributed by atoms with Gasteiger partial charge in [-0.25, -0.2) is 8.78 Å². The second kappa shape index (κ2) is 5.10. The van der Waals surface area contributed by atoms with Crippen LogP contribution >= 0.6 is 0 Å². The van der Waals surface area contributed by atoms with Crippen LogP contribution in [0.5, 0.6) is 0 Å². The molecule has 2 nitrogen and oxygen atoms in total. The molecule has 4 heteroatoms. The summed E-state index contributed by atoms with van der Waals surface area (Å²) in [6.45, 7) is 1.11. The fourth-order valence-electron chi connectivity index (χ4n) is 2.21. The maximum Gasteiger partial charge on any atom is 0.127 e. The maximum absolute atomic E-state index is 13.3. The SMILES string of the molecule is OCC1(CNCc2cc(F)ccc2F)CCC1. The molecule has 0 unspecified atom stereocenters. The molecule has 0 aromatic heterocycles. The van der Waals surface area contributed by atoms with Crippen molar-refractivity contribution in [2.45, 2.75) is 25.8 Å². The molecule has 2 N–H and O–H groups in total. The van der Waals surface area contributed by atoms with Gasteiger partial charge in [0.15, 0.2) is 0 Å². The van der Waals surface area contributed by atoms with E-state index in [0.29, 0.717) is 18.7 Å². The van der Waals surface area contributed by atoms with E-state index in [-0.39, 0.29) is 12.0 Å². The minimum Gasteiger partial charge on any atom is -0.396 e. The van der Waals surface area contributed by atoms with Crippen molar-refractivity contribution in [3.63, 3.8) is 0 Å². The molecular formula is C13H17F2NO. The lowest BCUT2D eigenvalue weighted by atomic mass is 9.69. The third-order valence-electron chi connectivity index (χ3n) is 3.57. The van der Waals surface area contributed by atoms with Crippen molar-refractivity contribution in [1.29, 1.82) is 0 Å². The summed E-state index contributed by atoms with van der Waals surface area (Å²) >= 11 is 0. The van der Waals surface area contributed by atoms with Crippen LogP contribution in [0, 0.1) is 17.0 Å². The van der Waals surface area contributed by atoms with E-state index in [9.17, 15) is 13.9 Å². The predicted molar refractivity (Wildman–Crippen MR) is 61.4 cm³/mol. The molecule has 0 bridgehead atoms. The molecule has 0 radical (unpaired) electrons. The average molecular weight is 241 g/mol. The number of benzene rings is 1. The molecule has 0 saturated heterocycles. The monoisotopic (exact) mass is 241 g/mol. The zero-order valence-electron chi connectivity index (χ0n) is 9.68. The number of hydrogen-bond acceptors (Lipinski definition) is 2. The minimum absolute atomic E-state index is 0.0379. The Balaban J connectivity index is 1.87. The Morgan fingerprint density at radius 1 is 1.29 bits per heavy atom. The summed E-state index contributed by atoms with van der Waals surface area (Å²) in [6.07, 6.45) is 3.14. The zero-order chi connectivity index (χ0) is 12.3. The zero-order valence-corrected chi connectivity index (χ0v) is 9.68. The Bertz CT molecular complexity index is 385. The standard InChI is InChI=1S/C13H17F2NO/c14-11-2-3-12(15)10(6-11)7-16-8-13(9-17)4-1-5-13/h2-3,6,16-17H,1,4-5,7-9H2. The van der Waals surface area contributed by atoms with Crippen LogP contribution in [0.1, 0.15) is 24.8 Å². The van der Waals surface area contributed by atoms with Gasteiger partial charge in [0.2, 0.25) is 0 Å². The second-order valence-electron chi connectivity index (χ2n) is 4.85. The molecular weight excluding hydrogens is 224 g/mol. The average Bonchev–Trinajstić information content (AvgIpc) is 2.27. The van der Waals surface area contributed by atoms with Gasteiger partial charge >= 0.3 is 0 Å². The van der Waals surface area contributed by atoms with E-state index in [1.165, 1.54) is 6.07 Å². The third kappa shape index (κ3) is 2.82. The normalized spacial score (nSPS) is 17.8. The highest BCUT2D eigenvalue weighted by atomic mass is 19.1. The fraction of sp³-hybridized carbons (Fsp3) is 0.538. The lowest BCUT2D eigenvalue weighted by Gasteiger charge is -2.40. The molecule has 1 aliphatic carbocycles. The first-order chi connectivity index (χ1) is 8.15. The van der Waals surface area contributed by atoms with Gasteiger partial charge in [0.1, 0.15) is 11.6 Å². The van der Waals surface area contributed by atoms with Crippen LogP contribution in [0.25, 0.3) is 0 Å². The smallest absolute Gasteiger partial charge is 0.127 e. The van der Waals surface area contributed by atoms with Gasteiger partial charge in [-0.05, 0) is 31.0 Å². The molecule has 0 aliphatic heterocycles. The highest BCUT2D eigenvalue weighted by molar-refractivity contribution is 5.18. The Morgan fingerprint density at radius 3 is 2.65 bits per heavy atom. The van der Waals surface area contributed by atoms with E-state index in [0.717, 1.165) is 31.4 Å². The summed E-state index contributed by atoms with van der Waals surface area (Å²) in [6, 6.07) is 3.45. The molecule has 17 heavy (non-hydrogen) atoms. The summed E-state index contributed by atoms with van der Waals surface area (Å²) < 4.78 is 26.2. The van der Waals surface area contributed by atoms with Gasteiger partial charge in [0.25, 0.3) is 0 Å². The Kier molecular flexibility index (Phi) is 3.74. The van der Waals surface area contributed by atoms with Crippen LogP contribution < -0.4 is 5.32 Å². The third-order valence-corrected chi connectivity index (χ3v) is 3.57. The molecule has 0 spiro atoms.